The van der Waals surface area contributed by atoms with Gasteiger partial charge in [0.15, 0.2) is 0 Å². The molecule has 0 bridgehead atoms. The molecule has 2 heterocycles. The molecule has 2 aliphatic heterocycles. The predicted molar refractivity (Wildman–Crippen MR) is 159 cm³/mol. The Kier molecular flexibility index (Phi) is 4.30. The SMILES string of the molecule is CN1c2ccccc2N(B2c3ccccc3Oc3ccccc32)c2c1ccc1c2C(C)(C)c2ccccc2-1. The van der Waals surface area contributed by atoms with Crippen molar-refractivity contribution in [2.24, 2.45) is 0 Å². The van der Waals surface area contributed by atoms with Crippen LogP contribution in [0.25, 0.3) is 11.1 Å². The molecular formula is C34H27BN2O. The van der Waals surface area contributed by atoms with Crippen molar-refractivity contribution in [3.8, 4) is 22.6 Å². The molecule has 0 saturated carbocycles. The van der Waals surface area contributed by atoms with Crippen molar-refractivity contribution in [2.75, 3.05) is 16.8 Å². The van der Waals surface area contributed by atoms with Crippen LogP contribution in [0.4, 0.5) is 22.7 Å². The highest BCUT2D eigenvalue weighted by Crippen LogP contribution is 2.59. The van der Waals surface area contributed by atoms with Crippen molar-refractivity contribution < 1.29 is 4.74 Å². The monoisotopic (exact) mass is 490 g/mol. The van der Waals surface area contributed by atoms with Gasteiger partial charge in [-0.3, -0.25) is 0 Å². The van der Waals surface area contributed by atoms with E-state index in [1.165, 1.54) is 55.9 Å². The molecule has 38 heavy (non-hydrogen) atoms. The highest BCUT2D eigenvalue weighted by atomic mass is 16.5. The molecule has 0 saturated heterocycles. The van der Waals surface area contributed by atoms with E-state index < -0.39 is 0 Å². The number of fused-ring (bicyclic) bond motifs is 8. The average Bonchev–Trinajstić information content (AvgIpc) is 3.19. The van der Waals surface area contributed by atoms with E-state index in [9.17, 15) is 0 Å². The lowest BCUT2D eigenvalue weighted by molar-refractivity contribution is 0.487. The van der Waals surface area contributed by atoms with Gasteiger partial charge in [-0.2, -0.15) is 0 Å². The maximum atomic E-state index is 6.44. The van der Waals surface area contributed by atoms with Gasteiger partial charge in [-0.1, -0.05) is 92.7 Å². The molecule has 8 rings (SSSR count). The maximum absolute atomic E-state index is 6.44. The molecule has 0 amide bonds. The third-order valence-corrected chi connectivity index (χ3v) is 8.68. The summed E-state index contributed by atoms with van der Waals surface area (Å²) in [5.74, 6) is 1.84. The highest BCUT2D eigenvalue weighted by molar-refractivity contribution is 6.91. The molecule has 4 heteroatoms. The number of anilines is 4. The number of nitrogens with zero attached hydrogens (tertiary/aromatic N) is 2. The van der Waals surface area contributed by atoms with Crippen LogP contribution in [0.2, 0.25) is 0 Å². The first-order valence-electron chi connectivity index (χ1n) is 13.3. The molecule has 0 atom stereocenters. The number of para-hydroxylation sites is 4. The van der Waals surface area contributed by atoms with Crippen LogP contribution >= 0.6 is 0 Å². The summed E-state index contributed by atoms with van der Waals surface area (Å²) in [7, 11) is 2.20. The molecule has 5 aromatic rings. The normalized spacial score (nSPS) is 15.5. The lowest BCUT2D eigenvalue weighted by atomic mass is 9.47. The van der Waals surface area contributed by atoms with Crippen LogP contribution in [0.1, 0.15) is 25.0 Å². The summed E-state index contributed by atoms with van der Waals surface area (Å²) in [4.78, 5) is 4.95. The van der Waals surface area contributed by atoms with Gasteiger partial charge >= 0.3 is 6.85 Å². The molecule has 1 aliphatic carbocycles. The second-order valence-corrected chi connectivity index (χ2v) is 11.0. The van der Waals surface area contributed by atoms with Crippen LogP contribution in [0, 0.1) is 0 Å². The Bertz CT molecular complexity index is 1730. The number of hydrogen-bond donors (Lipinski definition) is 0. The number of ether oxygens (including phenoxy) is 1. The summed E-state index contributed by atoms with van der Waals surface area (Å²) >= 11 is 0. The molecule has 3 nitrogen and oxygen atoms in total. The van der Waals surface area contributed by atoms with Crippen molar-refractivity contribution in [3.63, 3.8) is 0 Å². The van der Waals surface area contributed by atoms with Gasteiger partial charge in [-0.25, -0.2) is 0 Å². The first kappa shape index (κ1) is 21.6. The smallest absolute Gasteiger partial charge is 0.335 e. The second-order valence-electron chi connectivity index (χ2n) is 11.0. The Labute approximate surface area is 224 Å². The molecule has 0 aromatic heterocycles. The van der Waals surface area contributed by atoms with E-state index in [0.29, 0.717) is 0 Å². The zero-order valence-corrected chi connectivity index (χ0v) is 21.8. The van der Waals surface area contributed by atoms with Gasteiger partial charge in [0.05, 0.1) is 22.7 Å². The minimum atomic E-state index is -0.146. The molecule has 0 N–H and O–H groups in total. The first-order chi connectivity index (χ1) is 18.6. The summed E-state index contributed by atoms with van der Waals surface area (Å²) in [6.07, 6.45) is 0. The van der Waals surface area contributed by atoms with E-state index in [-0.39, 0.29) is 12.3 Å². The maximum Gasteiger partial charge on any atom is 0.335 e. The van der Waals surface area contributed by atoms with Gasteiger partial charge in [0, 0.05) is 12.5 Å². The highest BCUT2D eigenvalue weighted by Gasteiger charge is 2.46. The standard InChI is InChI=1S/C34H27BN2O/c1-34(2)24-13-5-4-12-22(24)23-20-21-29-33(32(23)34)37(28-17-9-8-16-27(28)36(29)3)35-25-14-6-10-18-30(25)38-31-19-11-7-15-26(31)35/h4-21H,1-3H3. The Morgan fingerprint density at radius 1 is 0.605 bits per heavy atom. The summed E-state index contributed by atoms with van der Waals surface area (Å²) in [6, 6.07) is 39.3. The third kappa shape index (κ3) is 2.70. The molecular weight excluding hydrogens is 463 g/mol. The van der Waals surface area contributed by atoms with Gasteiger partial charge in [0.1, 0.15) is 11.5 Å². The zero-order chi connectivity index (χ0) is 25.6. The van der Waals surface area contributed by atoms with E-state index in [4.69, 9.17) is 4.74 Å². The van der Waals surface area contributed by atoms with Crippen molar-refractivity contribution in [1.29, 1.82) is 0 Å². The zero-order valence-electron chi connectivity index (χ0n) is 21.8. The second kappa shape index (κ2) is 7.55. The van der Waals surface area contributed by atoms with E-state index in [2.05, 4.69) is 140 Å². The van der Waals surface area contributed by atoms with Gasteiger partial charge in [0.25, 0.3) is 0 Å². The van der Waals surface area contributed by atoms with Crippen molar-refractivity contribution >= 4 is 40.5 Å². The fraction of sp³-hybridized carbons (Fsp3) is 0.118. The minimum absolute atomic E-state index is 0.0317. The molecule has 182 valence electrons. The third-order valence-electron chi connectivity index (χ3n) is 8.68. The van der Waals surface area contributed by atoms with Crippen molar-refractivity contribution in [2.45, 2.75) is 19.3 Å². The minimum Gasteiger partial charge on any atom is -0.458 e. The van der Waals surface area contributed by atoms with E-state index in [0.717, 1.165) is 11.5 Å². The Hall–Kier alpha value is -4.44. The fourth-order valence-corrected chi connectivity index (χ4v) is 6.98. The van der Waals surface area contributed by atoms with Crippen LogP contribution in [-0.4, -0.2) is 13.9 Å². The van der Waals surface area contributed by atoms with Gasteiger partial charge < -0.3 is 14.4 Å². The van der Waals surface area contributed by atoms with Crippen LogP contribution < -0.4 is 25.4 Å². The largest absolute Gasteiger partial charge is 0.458 e. The molecule has 0 radical (unpaired) electrons. The average molecular weight is 490 g/mol. The Balaban J connectivity index is 1.50. The first-order valence-corrected chi connectivity index (χ1v) is 13.3. The quantitative estimate of drug-likeness (QED) is 0.233. The Morgan fingerprint density at radius 3 is 1.95 bits per heavy atom. The fourth-order valence-electron chi connectivity index (χ4n) is 6.98. The summed E-state index contributed by atoms with van der Waals surface area (Å²) in [6.45, 7) is 4.72. The lowest BCUT2D eigenvalue weighted by Gasteiger charge is -2.45. The number of rotatable bonds is 1. The summed E-state index contributed by atoms with van der Waals surface area (Å²) in [5, 5.41) is 0. The lowest BCUT2D eigenvalue weighted by Crippen LogP contribution is -2.58. The van der Waals surface area contributed by atoms with Crippen LogP contribution in [0.3, 0.4) is 0 Å². The van der Waals surface area contributed by atoms with Gasteiger partial charge in [-0.15, -0.1) is 0 Å². The van der Waals surface area contributed by atoms with Crippen LogP contribution in [0.5, 0.6) is 11.5 Å². The van der Waals surface area contributed by atoms with Crippen molar-refractivity contribution in [3.05, 3.63) is 120 Å². The topological polar surface area (TPSA) is 15.7 Å². The molecule has 5 aromatic carbocycles. The number of hydrogen-bond acceptors (Lipinski definition) is 3. The Morgan fingerprint density at radius 2 is 1.21 bits per heavy atom. The van der Waals surface area contributed by atoms with E-state index >= 15 is 0 Å². The van der Waals surface area contributed by atoms with Crippen LogP contribution in [0.15, 0.2) is 109 Å². The van der Waals surface area contributed by atoms with E-state index in [1.54, 1.807) is 0 Å². The summed E-state index contributed by atoms with van der Waals surface area (Å²) in [5.41, 5.74) is 12.6. The molecule has 0 fully saturated rings. The predicted octanol–water partition coefficient (Wildman–Crippen LogP) is 7.12. The summed E-state index contributed by atoms with van der Waals surface area (Å²) < 4.78 is 6.44. The number of benzene rings is 5. The van der Waals surface area contributed by atoms with E-state index in [1.807, 2.05) is 0 Å². The van der Waals surface area contributed by atoms with Crippen LogP contribution in [-0.2, 0) is 5.41 Å². The molecule has 0 spiro atoms. The van der Waals surface area contributed by atoms with Crippen molar-refractivity contribution in [1.82, 2.24) is 0 Å². The van der Waals surface area contributed by atoms with Gasteiger partial charge in [-0.05, 0) is 63.5 Å². The molecule has 3 aliphatic rings. The van der Waals surface area contributed by atoms with Gasteiger partial charge in [0.2, 0.25) is 0 Å². The molecule has 0 unspecified atom stereocenters.